The number of hydrogen-bond donors (Lipinski definition) is 2. The number of nitrogens with one attached hydrogen (secondary N) is 2. The Balaban J connectivity index is 0.00000180. The molecule has 0 radical (unpaired) electrons. The zero-order valence-electron chi connectivity index (χ0n) is 16.1. The average molecular weight is 486 g/mol. The van der Waals surface area contributed by atoms with Crippen LogP contribution in [0.2, 0.25) is 0 Å². The lowest BCUT2D eigenvalue weighted by Gasteiger charge is -2.57. The first-order valence-electron chi connectivity index (χ1n) is 10.3. The highest BCUT2D eigenvalue weighted by atomic mass is 127. The van der Waals surface area contributed by atoms with E-state index in [1.165, 1.54) is 32.1 Å². The van der Waals surface area contributed by atoms with Crippen LogP contribution in [0.1, 0.15) is 56.7 Å². The average Bonchev–Trinajstić information content (AvgIpc) is 3.42. The molecule has 2 N–H and O–H groups in total. The van der Waals surface area contributed by atoms with Crippen LogP contribution in [-0.4, -0.2) is 64.9 Å². The highest BCUT2D eigenvalue weighted by molar-refractivity contribution is 14.0. The minimum atomic E-state index is 0. The molecule has 1 aromatic rings. The maximum atomic E-state index is 6.13. The minimum Gasteiger partial charge on any atom is -0.377 e. The van der Waals surface area contributed by atoms with E-state index in [4.69, 9.17) is 4.74 Å². The number of likely N-dealkylation sites (tertiary alicyclic amines) is 1. The molecule has 0 aromatic carbocycles. The number of nitrogens with zero attached hydrogens (tertiary/aromatic N) is 4. The van der Waals surface area contributed by atoms with Gasteiger partial charge in [-0.25, -0.2) is 4.98 Å². The van der Waals surface area contributed by atoms with Gasteiger partial charge in [-0.15, -0.1) is 24.0 Å². The van der Waals surface area contributed by atoms with Gasteiger partial charge in [0.15, 0.2) is 5.96 Å². The monoisotopic (exact) mass is 486 g/mol. The van der Waals surface area contributed by atoms with Gasteiger partial charge in [-0.1, -0.05) is 12.8 Å². The molecule has 4 aliphatic rings. The fraction of sp³-hybridized carbons (Fsp3) is 0.842. The minimum absolute atomic E-state index is 0. The molecule has 3 heterocycles. The third-order valence-electron chi connectivity index (χ3n) is 7.40. The Morgan fingerprint density at radius 1 is 1.30 bits per heavy atom. The van der Waals surface area contributed by atoms with Crippen molar-refractivity contribution in [3.05, 3.63) is 12.2 Å². The van der Waals surface area contributed by atoms with E-state index in [2.05, 4.69) is 30.4 Å². The van der Waals surface area contributed by atoms with Gasteiger partial charge in [0, 0.05) is 50.0 Å². The van der Waals surface area contributed by atoms with Crippen molar-refractivity contribution >= 4 is 29.9 Å². The van der Waals surface area contributed by atoms with Gasteiger partial charge < -0.3 is 15.0 Å². The lowest BCUT2D eigenvalue weighted by Crippen LogP contribution is -2.69. The molecule has 8 heteroatoms. The first-order valence-corrected chi connectivity index (χ1v) is 10.3. The molecule has 150 valence electrons. The summed E-state index contributed by atoms with van der Waals surface area (Å²) in [6, 6.07) is 0.545. The quantitative estimate of drug-likeness (QED) is 0.382. The van der Waals surface area contributed by atoms with Gasteiger partial charge >= 0.3 is 0 Å². The van der Waals surface area contributed by atoms with Gasteiger partial charge in [-0.3, -0.25) is 10.1 Å². The molecular formula is C19H31IN6O. The number of H-pyrrole nitrogens is 1. The lowest BCUT2D eigenvalue weighted by atomic mass is 9.54. The molecule has 2 saturated heterocycles. The van der Waals surface area contributed by atoms with E-state index in [-0.39, 0.29) is 24.0 Å². The SMILES string of the molecule is CN=C(NC1C2CCOC2C12CCCC2)N1CCC(c2ncn[nH]2)CC1.I. The van der Waals surface area contributed by atoms with Crippen molar-refractivity contribution in [2.24, 2.45) is 16.3 Å². The van der Waals surface area contributed by atoms with Gasteiger partial charge in [-0.2, -0.15) is 5.10 Å². The Kier molecular flexibility index (Phi) is 5.64. The molecule has 5 rings (SSSR count). The van der Waals surface area contributed by atoms with Crippen molar-refractivity contribution in [2.75, 3.05) is 26.7 Å². The van der Waals surface area contributed by atoms with Crippen LogP contribution in [0.5, 0.6) is 0 Å². The molecule has 7 nitrogen and oxygen atoms in total. The second kappa shape index (κ2) is 7.85. The molecule has 2 aliphatic carbocycles. The summed E-state index contributed by atoms with van der Waals surface area (Å²) in [6.45, 7) is 2.99. The molecular weight excluding hydrogens is 455 g/mol. The standard InChI is InChI=1S/C19H30N6O.HI/c1-20-18(25-9-4-13(5-10-25)17-21-12-22-24-17)23-15-14-6-11-26-16(14)19(15)7-2-3-8-19;/h12-16H,2-11H2,1H3,(H,20,23)(H,21,22,24);1H. The molecule has 27 heavy (non-hydrogen) atoms. The summed E-state index contributed by atoms with van der Waals surface area (Å²) in [4.78, 5) is 11.4. The van der Waals surface area contributed by atoms with Crippen molar-refractivity contribution < 1.29 is 4.74 Å². The molecule has 3 atom stereocenters. The predicted molar refractivity (Wildman–Crippen MR) is 114 cm³/mol. The Morgan fingerprint density at radius 2 is 2.07 bits per heavy atom. The molecule has 0 bridgehead atoms. The number of aromatic nitrogens is 3. The summed E-state index contributed by atoms with van der Waals surface area (Å²) >= 11 is 0. The van der Waals surface area contributed by atoms with E-state index in [0.717, 1.165) is 44.3 Å². The predicted octanol–water partition coefficient (Wildman–Crippen LogP) is 2.53. The third kappa shape index (κ3) is 3.16. The Bertz CT molecular complexity index is 651. The maximum absolute atomic E-state index is 6.13. The number of hydrogen-bond acceptors (Lipinski definition) is 4. The topological polar surface area (TPSA) is 78.4 Å². The van der Waals surface area contributed by atoms with Gasteiger partial charge in [0.25, 0.3) is 0 Å². The van der Waals surface area contributed by atoms with E-state index < -0.39 is 0 Å². The van der Waals surface area contributed by atoms with E-state index in [0.29, 0.717) is 29.4 Å². The molecule has 3 unspecified atom stereocenters. The van der Waals surface area contributed by atoms with E-state index in [1.54, 1.807) is 6.33 Å². The smallest absolute Gasteiger partial charge is 0.193 e. The van der Waals surface area contributed by atoms with Gasteiger partial charge in [-0.05, 0) is 32.1 Å². The van der Waals surface area contributed by atoms with E-state index in [1.807, 2.05) is 7.05 Å². The van der Waals surface area contributed by atoms with Crippen LogP contribution < -0.4 is 5.32 Å². The van der Waals surface area contributed by atoms with Crippen molar-refractivity contribution in [3.8, 4) is 0 Å². The van der Waals surface area contributed by atoms with Crippen LogP contribution in [0.25, 0.3) is 0 Å². The van der Waals surface area contributed by atoms with Gasteiger partial charge in [0.1, 0.15) is 12.2 Å². The number of rotatable bonds is 2. The Hall–Kier alpha value is -0.900. The second-order valence-electron chi connectivity index (χ2n) is 8.49. The summed E-state index contributed by atoms with van der Waals surface area (Å²) in [5, 5.41) is 10.9. The number of piperidine rings is 1. The third-order valence-corrected chi connectivity index (χ3v) is 7.40. The molecule has 0 amide bonds. The first-order chi connectivity index (χ1) is 12.8. The highest BCUT2D eigenvalue weighted by Crippen LogP contribution is 2.60. The maximum Gasteiger partial charge on any atom is 0.193 e. The molecule has 2 aliphatic heterocycles. The summed E-state index contributed by atoms with van der Waals surface area (Å²) < 4.78 is 6.13. The Morgan fingerprint density at radius 3 is 2.74 bits per heavy atom. The van der Waals surface area contributed by atoms with Crippen molar-refractivity contribution in [3.63, 3.8) is 0 Å². The van der Waals surface area contributed by atoms with Gasteiger partial charge in [0.05, 0.1) is 6.10 Å². The highest BCUT2D eigenvalue weighted by Gasteiger charge is 2.65. The zero-order chi connectivity index (χ0) is 17.6. The van der Waals surface area contributed by atoms with Crippen LogP contribution in [0.4, 0.5) is 0 Å². The number of ether oxygens (including phenoxy) is 1. The van der Waals surface area contributed by atoms with Crippen LogP contribution in [0.3, 0.4) is 0 Å². The summed E-state index contributed by atoms with van der Waals surface area (Å²) in [5.74, 6) is 3.28. The second-order valence-corrected chi connectivity index (χ2v) is 8.49. The lowest BCUT2D eigenvalue weighted by molar-refractivity contribution is -0.125. The zero-order valence-corrected chi connectivity index (χ0v) is 18.4. The summed E-state index contributed by atoms with van der Waals surface area (Å²) in [5.41, 5.74) is 0.370. The van der Waals surface area contributed by atoms with Gasteiger partial charge in [0.2, 0.25) is 0 Å². The largest absolute Gasteiger partial charge is 0.377 e. The number of halogens is 1. The summed E-state index contributed by atoms with van der Waals surface area (Å²) in [6.07, 6.45) is 10.8. The van der Waals surface area contributed by atoms with Crippen molar-refractivity contribution in [1.29, 1.82) is 0 Å². The molecule has 2 saturated carbocycles. The van der Waals surface area contributed by atoms with Crippen LogP contribution in [0, 0.1) is 11.3 Å². The number of aromatic amines is 1. The van der Waals surface area contributed by atoms with Crippen LogP contribution in [-0.2, 0) is 4.74 Å². The first kappa shape index (κ1) is 19.4. The Labute approximate surface area is 178 Å². The van der Waals surface area contributed by atoms with E-state index >= 15 is 0 Å². The van der Waals surface area contributed by atoms with E-state index in [9.17, 15) is 0 Å². The normalized spacial score (nSPS) is 32.9. The fourth-order valence-electron chi connectivity index (χ4n) is 6.12. The van der Waals surface area contributed by atoms with Crippen LogP contribution >= 0.6 is 24.0 Å². The van der Waals surface area contributed by atoms with Crippen molar-refractivity contribution in [2.45, 2.75) is 63.0 Å². The fourth-order valence-corrected chi connectivity index (χ4v) is 6.12. The van der Waals surface area contributed by atoms with Crippen molar-refractivity contribution in [1.82, 2.24) is 25.4 Å². The molecule has 1 aromatic heterocycles. The van der Waals surface area contributed by atoms with Crippen LogP contribution in [0.15, 0.2) is 11.3 Å². The summed E-state index contributed by atoms with van der Waals surface area (Å²) in [7, 11) is 1.92. The number of fused-ring (bicyclic) bond motifs is 2. The number of aliphatic imine (C=N–C) groups is 1. The number of guanidine groups is 1. The molecule has 1 spiro atoms. The molecule has 4 fully saturated rings.